The highest BCUT2D eigenvalue weighted by molar-refractivity contribution is 6.42. The largest absolute Gasteiger partial charge is 0.329 e. The van der Waals surface area contributed by atoms with Crippen molar-refractivity contribution in [2.45, 2.75) is 33.2 Å². The van der Waals surface area contributed by atoms with Gasteiger partial charge in [0.1, 0.15) is 5.82 Å². The molecule has 146 valence electrons. The molecule has 0 fully saturated rings. The van der Waals surface area contributed by atoms with E-state index in [0.29, 0.717) is 22.0 Å². The van der Waals surface area contributed by atoms with E-state index in [4.69, 9.17) is 23.2 Å². The van der Waals surface area contributed by atoms with Crippen molar-refractivity contribution in [2.75, 3.05) is 0 Å². The number of halogens is 2. The number of imidazole rings is 1. The fourth-order valence-corrected chi connectivity index (χ4v) is 3.46. The second kappa shape index (κ2) is 8.63. The Kier molecular flexibility index (Phi) is 6.21. The first-order valence-electron chi connectivity index (χ1n) is 8.89. The van der Waals surface area contributed by atoms with Crippen LogP contribution in [0.3, 0.4) is 0 Å². The van der Waals surface area contributed by atoms with Crippen LogP contribution in [0.4, 0.5) is 0 Å². The second-order valence-electron chi connectivity index (χ2n) is 6.32. The molecular formula is C20H20Cl2N4O2. The summed E-state index contributed by atoms with van der Waals surface area (Å²) >= 11 is 12.1. The highest BCUT2D eigenvalue weighted by atomic mass is 35.5. The van der Waals surface area contributed by atoms with Crippen molar-refractivity contribution in [3.63, 3.8) is 0 Å². The number of carbonyl (C=O) groups is 2. The van der Waals surface area contributed by atoms with Crippen LogP contribution in [0, 0.1) is 6.92 Å². The molecule has 0 radical (unpaired) electrons. The number of carbonyl (C=O) groups excluding carboxylic acids is 2. The molecule has 0 unspecified atom stereocenters. The Morgan fingerprint density at radius 3 is 2.68 bits per heavy atom. The van der Waals surface area contributed by atoms with Crippen molar-refractivity contribution in [3.05, 3.63) is 63.4 Å². The zero-order valence-corrected chi connectivity index (χ0v) is 17.1. The first-order valence-corrected chi connectivity index (χ1v) is 9.65. The molecule has 2 amide bonds. The molecule has 0 bridgehead atoms. The lowest BCUT2D eigenvalue weighted by molar-refractivity contribution is -0.121. The molecular weight excluding hydrogens is 399 g/mol. The molecule has 0 aliphatic heterocycles. The molecule has 3 aromatic rings. The van der Waals surface area contributed by atoms with Crippen LogP contribution in [-0.2, 0) is 17.8 Å². The Hall–Kier alpha value is -2.57. The first-order chi connectivity index (χ1) is 13.4. The van der Waals surface area contributed by atoms with Crippen LogP contribution in [0.5, 0.6) is 0 Å². The van der Waals surface area contributed by atoms with Crippen LogP contribution < -0.4 is 10.9 Å². The molecule has 0 aliphatic carbocycles. The predicted octanol–water partition coefficient (Wildman–Crippen LogP) is 4.07. The summed E-state index contributed by atoms with van der Waals surface area (Å²) in [4.78, 5) is 28.8. The summed E-state index contributed by atoms with van der Waals surface area (Å²) in [5, 5.41) is 0.889. The van der Waals surface area contributed by atoms with E-state index in [1.165, 1.54) is 0 Å². The van der Waals surface area contributed by atoms with Crippen molar-refractivity contribution >= 4 is 46.0 Å². The number of benzene rings is 2. The van der Waals surface area contributed by atoms with Crippen molar-refractivity contribution in [1.82, 2.24) is 20.4 Å². The number of amides is 2. The third-order valence-electron chi connectivity index (χ3n) is 4.49. The van der Waals surface area contributed by atoms with Crippen molar-refractivity contribution in [3.8, 4) is 0 Å². The fourth-order valence-electron chi connectivity index (χ4n) is 3.04. The van der Waals surface area contributed by atoms with Gasteiger partial charge in [-0.05, 0) is 50.1 Å². The highest BCUT2D eigenvalue weighted by Crippen LogP contribution is 2.26. The van der Waals surface area contributed by atoms with Gasteiger partial charge in [0.05, 0.1) is 21.1 Å². The Morgan fingerprint density at radius 2 is 1.93 bits per heavy atom. The quantitative estimate of drug-likeness (QED) is 0.613. The highest BCUT2D eigenvalue weighted by Gasteiger charge is 2.12. The van der Waals surface area contributed by atoms with Gasteiger partial charge in [-0.3, -0.25) is 20.4 Å². The zero-order valence-electron chi connectivity index (χ0n) is 15.6. The lowest BCUT2D eigenvalue weighted by atomic mass is 10.1. The van der Waals surface area contributed by atoms with Gasteiger partial charge in [-0.25, -0.2) is 4.98 Å². The Bertz CT molecular complexity index is 1050. The van der Waals surface area contributed by atoms with Gasteiger partial charge in [0, 0.05) is 18.5 Å². The summed E-state index contributed by atoms with van der Waals surface area (Å²) in [6, 6.07) is 10.6. The average molecular weight is 419 g/mol. The number of nitrogens with zero attached hydrogens (tertiary/aromatic N) is 2. The molecule has 0 atom stereocenters. The number of hydrogen-bond acceptors (Lipinski definition) is 3. The standard InChI is InChI=1S/C20H20Cl2N4O2/c1-3-26-12(2)23-16-11-14(7-9-17(16)26)20(28)25-24-18(27)10-8-13-5-4-6-15(21)19(13)22/h4-7,9,11H,3,8,10H2,1-2H3,(H,24,27)(H,25,28). The van der Waals surface area contributed by atoms with E-state index < -0.39 is 5.91 Å². The molecule has 0 aliphatic rings. The lowest BCUT2D eigenvalue weighted by Gasteiger charge is -2.09. The van der Waals surface area contributed by atoms with Gasteiger partial charge in [0.15, 0.2) is 0 Å². The van der Waals surface area contributed by atoms with Gasteiger partial charge >= 0.3 is 0 Å². The minimum atomic E-state index is -0.403. The summed E-state index contributed by atoms with van der Waals surface area (Å²) in [6.07, 6.45) is 0.584. The molecule has 28 heavy (non-hydrogen) atoms. The van der Waals surface area contributed by atoms with E-state index in [1.54, 1.807) is 24.3 Å². The molecule has 2 N–H and O–H groups in total. The van der Waals surface area contributed by atoms with Crippen LogP contribution in [0.2, 0.25) is 10.0 Å². The monoisotopic (exact) mass is 418 g/mol. The number of hydrogen-bond donors (Lipinski definition) is 2. The Balaban J connectivity index is 1.58. The maximum atomic E-state index is 12.3. The van der Waals surface area contributed by atoms with E-state index in [1.807, 2.05) is 26.0 Å². The summed E-state index contributed by atoms with van der Waals surface area (Å²) in [5.74, 6) is 0.166. The van der Waals surface area contributed by atoms with Gasteiger partial charge in [-0.1, -0.05) is 35.3 Å². The van der Waals surface area contributed by atoms with E-state index in [0.717, 1.165) is 29.0 Å². The maximum absolute atomic E-state index is 12.3. The first kappa shape index (κ1) is 20.2. The van der Waals surface area contributed by atoms with Crippen molar-refractivity contribution < 1.29 is 9.59 Å². The maximum Gasteiger partial charge on any atom is 0.269 e. The minimum absolute atomic E-state index is 0.166. The van der Waals surface area contributed by atoms with E-state index >= 15 is 0 Å². The van der Waals surface area contributed by atoms with Crippen molar-refractivity contribution in [2.24, 2.45) is 0 Å². The van der Waals surface area contributed by atoms with Crippen molar-refractivity contribution in [1.29, 1.82) is 0 Å². The SMILES string of the molecule is CCn1c(C)nc2cc(C(=O)NNC(=O)CCc3cccc(Cl)c3Cl)ccc21. The third kappa shape index (κ3) is 4.29. The van der Waals surface area contributed by atoms with E-state index in [9.17, 15) is 9.59 Å². The molecule has 3 rings (SSSR count). The molecule has 1 heterocycles. The Morgan fingerprint density at radius 1 is 1.14 bits per heavy atom. The minimum Gasteiger partial charge on any atom is -0.329 e. The lowest BCUT2D eigenvalue weighted by Crippen LogP contribution is -2.41. The number of hydrazine groups is 1. The number of aromatic nitrogens is 2. The Labute approximate surface area is 172 Å². The summed E-state index contributed by atoms with van der Waals surface area (Å²) in [7, 11) is 0. The van der Waals surface area contributed by atoms with Crippen LogP contribution in [0.15, 0.2) is 36.4 Å². The molecule has 0 saturated carbocycles. The molecule has 8 heteroatoms. The number of nitrogens with one attached hydrogen (secondary N) is 2. The predicted molar refractivity (Wildman–Crippen MR) is 111 cm³/mol. The summed E-state index contributed by atoms with van der Waals surface area (Å²) in [5.41, 5.74) is 7.77. The van der Waals surface area contributed by atoms with Crippen LogP contribution in [0.25, 0.3) is 11.0 Å². The third-order valence-corrected chi connectivity index (χ3v) is 5.34. The fraction of sp³-hybridized carbons (Fsp3) is 0.250. The molecule has 1 aromatic heterocycles. The molecule has 2 aromatic carbocycles. The number of fused-ring (bicyclic) bond motifs is 1. The van der Waals surface area contributed by atoms with Gasteiger partial charge < -0.3 is 4.57 Å². The molecule has 0 saturated heterocycles. The second-order valence-corrected chi connectivity index (χ2v) is 7.11. The topological polar surface area (TPSA) is 76.0 Å². The molecule has 6 nitrogen and oxygen atoms in total. The van der Waals surface area contributed by atoms with E-state index in [-0.39, 0.29) is 12.3 Å². The normalized spacial score (nSPS) is 10.9. The molecule has 0 spiro atoms. The van der Waals surface area contributed by atoms with Gasteiger partial charge in [0.2, 0.25) is 5.91 Å². The van der Waals surface area contributed by atoms with Crippen LogP contribution in [-0.4, -0.2) is 21.4 Å². The average Bonchev–Trinajstić information content (AvgIpc) is 3.01. The summed E-state index contributed by atoms with van der Waals surface area (Å²) in [6.45, 7) is 4.77. The van der Waals surface area contributed by atoms with Crippen LogP contribution in [0.1, 0.15) is 35.1 Å². The zero-order chi connectivity index (χ0) is 20.3. The van der Waals surface area contributed by atoms with Gasteiger partial charge in [-0.15, -0.1) is 0 Å². The smallest absolute Gasteiger partial charge is 0.269 e. The number of rotatable bonds is 5. The number of aryl methyl sites for hydroxylation is 3. The van der Waals surface area contributed by atoms with Gasteiger partial charge in [0.25, 0.3) is 5.91 Å². The van der Waals surface area contributed by atoms with E-state index in [2.05, 4.69) is 20.4 Å². The van der Waals surface area contributed by atoms with Crippen LogP contribution >= 0.6 is 23.2 Å². The summed E-state index contributed by atoms with van der Waals surface area (Å²) < 4.78 is 2.07. The van der Waals surface area contributed by atoms with Gasteiger partial charge in [-0.2, -0.15) is 0 Å².